The van der Waals surface area contributed by atoms with Gasteiger partial charge in [0.25, 0.3) is 0 Å². The number of aryl methyl sites for hydroxylation is 1. The Labute approximate surface area is 217 Å². The number of carbonyl (C=O) groups excluding carboxylic acids is 1. The first-order valence-electron chi connectivity index (χ1n) is 12.4. The van der Waals surface area contributed by atoms with Crippen molar-refractivity contribution in [1.29, 1.82) is 5.26 Å². The zero-order valence-electron chi connectivity index (χ0n) is 22.0. The molecular formula is C28H35FN4O4. The third-order valence-corrected chi connectivity index (χ3v) is 6.06. The lowest BCUT2D eigenvalue weighted by Crippen LogP contribution is -2.38. The van der Waals surface area contributed by atoms with Crippen LogP contribution in [0.1, 0.15) is 58.3 Å². The van der Waals surface area contributed by atoms with Crippen LogP contribution in [0.5, 0.6) is 0 Å². The van der Waals surface area contributed by atoms with E-state index in [1.165, 1.54) is 6.07 Å². The lowest BCUT2D eigenvalue weighted by atomic mass is 9.96. The molecule has 8 nitrogen and oxygen atoms in total. The Hall–Kier alpha value is -3.48. The van der Waals surface area contributed by atoms with Crippen molar-refractivity contribution >= 4 is 5.91 Å². The van der Waals surface area contributed by atoms with Gasteiger partial charge < -0.3 is 24.8 Å². The van der Waals surface area contributed by atoms with Crippen molar-refractivity contribution in [2.75, 3.05) is 6.61 Å². The van der Waals surface area contributed by atoms with Crippen LogP contribution in [0.15, 0.2) is 47.4 Å². The number of amides is 1. The number of aliphatic hydroxyl groups excluding tert-OH is 1. The highest BCUT2D eigenvalue weighted by molar-refractivity contribution is 5.94. The molecule has 198 valence electrons. The molecule has 0 aliphatic heterocycles. The highest BCUT2D eigenvalue weighted by atomic mass is 19.1. The molecule has 37 heavy (non-hydrogen) atoms. The minimum Gasteiger partial charge on any atom is -0.494 e. The summed E-state index contributed by atoms with van der Waals surface area (Å²) in [7, 11) is 1.74. The van der Waals surface area contributed by atoms with Gasteiger partial charge in [0.2, 0.25) is 5.91 Å². The van der Waals surface area contributed by atoms with E-state index in [0.717, 1.165) is 0 Å². The first-order chi connectivity index (χ1) is 17.4. The van der Waals surface area contributed by atoms with Gasteiger partial charge in [-0.1, -0.05) is 6.07 Å². The summed E-state index contributed by atoms with van der Waals surface area (Å²) in [6, 6.07) is 6.46. The maximum Gasteiger partial charge on any atom is 0.247 e. The number of nitriles is 1. The van der Waals surface area contributed by atoms with Gasteiger partial charge >= 0.3 is 0 Å². The van der Waals surface area contributed by atoms with Gasteiger partial charge in [-0.2, -0.15) is 5.26 Å². The SMILES string of the molecule is CC(C)OC1=C(C#N)C=C(C(=O)N[C@H](CCO)Cc2ccc(-c3cn(C)c(C(C)(C)O)n3)c(F)c2)CC1. The van der Waals surface area contributed by atoms with Gasteiger partial charge in [0.05, 0.1) is 17.4 Å². The van der Waals surface area contributed by atoms with E-state index in [-0.39, 0.29) is 18.6 Å². The maximum absolute atomic E-state index is 15.1. The molecule has 0 unspecified atom stereocenters. The smallest absolute Gasteiger partial charge is 0.247 e. The molecule has 0 spiro atoms. The summed E-state index contributed by atoms with van der Waals surface area (Å²) in [6.07, 6.45) is 4.65. The molecule has 1 aliphatic rings. The molecule has 0 saturated carbocycles. The van der Waals surface area contributed by atoms with Crippen LogP contribution in [-0.2, 0) is 28.6 Å². The van der Waals surface area contributed by atoms with Crippen molar-refractivity contribution in [3.05, 3.63) is 64.6 Å². The summed E-state index contributed by atoms with van der Waals surface area (Å²) in [5.41, 5.74) is 1.01. The number of aromatic nitrogens is 2. The molecular weight excluding hydrogens is 475 g/mol. The summed E-state index contributed by atoms with van der Waals surface area (Å²) in [6.45, 7) is 6.85. The standard InChI is InChI=1S/C28H35FN4O4/c1-17(2)37-25-9-7-19(14-20(25)15-30)26(35)31-21(10-11-34)12-18-6-8-22(23(29)13-18)24-16-33(5)27(32-24)28(3,4)36/h6,8,13-14,16-17,21,34,36H,7,9-12H2,1-5H3,(H,31,35)/t21-/m1/s1. The lowest BCUT2D eigenvalue weighted by molar-refractivity contribution is -0.118. The number of hydrogen-bond acceptors (Lipinski definition) is 6. The average Bonchev–Trinajstić information content (AvgIpc) is 3.21. The predicted molar refractivity (Wildman–Crippen MR) is 137 cm³/mol. The van der Waals surface area contributed by atoms with E-state index in [2.05, 4.69) is 16.4 Å². The van der Waals surface area contributed by atoms with Crippen molar-refractivity contribution in [3.63, 3.8) is 0 Å². The molecule has 1 heterocycles. The fraction of sp³-hybridized carbons (Fsp3) is 0.464. The van der Waals surface area contributed by atoms with Crippen LogP contribution in [0.4, 0.5) is 4.39 Å². The Morgan fingerprint density at radius 1 is 1.35 bits per heavy atom. The van der Waals surface area contributed by atoms with Gasteiger partial charge in [-0.05, 0) is 70.7 Å². The van der Waals surface area contributed by atoms with Crippen LogP contribution in [-0.4, -0.2) is 44.4 Å². The number of nitrogens with zero attached hydrogens (tertiary/aromatic N) is 3. The fourth-order valence-corrected chi connectivity index (χ4v) is 4.39. The number of carbonyl (C=O) groups is 1. The molecule has 0 radical (unpaired) electrons. The third-order valence-electron chi connectivity index (χ3n) is 6.06. The first kappa shape index (κ1) is 28.1. The second kappa shape index (κ2) is 11.7. The summed E-state index contributed by atoms with van der Waals surface area (Å²) < 4.78 is 22.4. The number of ether oxygens (including phenoxy) is 1. The number of nitrogens with one attached hydrogen (secondary N) is 1. The molecule has 3 rings (SSSR count). The van der Waals surface area contributed by atoms with Gasteiger partial charge in [0.15, 0.2) is 0 Å². The van der Waals surface area contributed by atoms with Crippen molar-refractivity contribution in [2.24, 2.45) is 7.05 Å². The minimum absolute atomic E-state index is 0.0657. The molecule has 0 fully saturated rings. The van der Waals surface area contributed by atoms with E-state index < -0.39 is 17.5 Å². The molecule has 1 aromatic carbocycles. The number of hydrogen-bond donors (Lipinski definition) is 3. The Morgan fingerprint density at radius 3 is 2.65 bits per heavy atom. The quantitative estimate of drug-likeness (QED) is 0.447. The van der Waals surface area contributed by atoms with Crippen LogP contribution in [0.2, 0.25) is 0 Å². The Morgan fingerprint density at radius 2 is 2.08 bits per heavy atom. The Kier molecular flexibility index (Phi) is 8.89. The number of allylic oxidation sites excluding steroid dienone is 3. The zero-order valence-corrected chi connectivity index (χ0v) is 22.0. The average molecular weight is 511 g/mol. The highest BCUT2D eigenvalue weighted by Gasteiger charge is 2.25. The predicted octanol–water partition coefficient (Wildman–Crippen LogP) is 3.79. The number of rotatable bonds is 10. The van der Waals surface area contributed by atoms with Crippen LogP contribution >= 0.6 is 0 Å². The molecule has 0 saturated heterocycles. The van der Waals surface area contributed by atoms with Gasteiger partial charge in [0, 0.05) is 43.5 Å². The van der Waals surface area contributed by atoms with Crippen molar-refractivity contribution < 1.29 is 24.1 Å². The van der Waals surface area contributed by atoms with Gasteiger partial charge in [-0.3, -0.25) is 4.79 Å². The van der Waals surface area contributed by atoms with Crippen molar-refractivity contribution in [3.8, 4) is 17.3 Å². The van der Waals surface area contributed by atoms with E-state index >= 15 is 4.39 Å². The molecule has 1 aromatic heterocycles. The molecule has 2 aromatic rings. The van der Waals surface area contributed by atoms with E-state index in [1.807, 2.05) is 13.8 Å². The number of aliphatic hydroxyl groups is 2. The molecule has 1 amide bonds. The molecule has 0 bridgehead atoms. The Bertz CT molecular complexity index is 1250. The lowest BCUT2D eigenvalue weighted by Gasteiger charge is -2.22. The monoisotopic (exact) mass is 510 g/mol. The Balaban J connectivity index is 1.75. The molecule has 3 N–H and O–H groups in total. The summed E-state index contributed by atoms with van der Waals surface area (Å²) >= 11 is 0. The minimum atomic E-state index is -1.17. The summed E-state index contributed by atoms with van der Waals surface area (Å²) in [4.78, 5) is 17.3. The van der Waals surface area contributed by atoms with Gasteiger partial charge in [-0.25, -0.2) is 9.37 Å². The summed E-state index contributed by atoms with van der Waals surface area (Å²) in [5, 5.41) is 32.2. The largest absolute Gasteiger partial charge is 0.494 e. The highest BCUT2D eigenvalue weighted by Crippen LogP contribution is 2.28. The number of imidazole rings is 1. The van der Waals surface area contributed by atoms with E-state index in [0.29, 0.717) is 65.2 Å². The normalized spacial score (nSPS) is 14.9. The molecule has 9 heteroatoms. The third kappa shape index (κ3) is 7.06. The van der Waals surface area contributed by atoms with E-state index in [9.17, 15) is 20.3 Å². The zero-order chi connectivity index (χ0) is 27.3. The van der Waals surface area contributed by atoms with Crippen LogP contribution < -0.4 is 5.32 Å². The van der Waals surface area contributed by atoms with E-state index in [1.54, 1.807) is 49.9 Å². The molecule has 1 aliphatic carbocycles. The second-order valence-corrected chi connectivity index (χ2v) is 10.1. The number of benzene rings is 1. The molecule has 1 atom stereocenters. The second-order valence-electron chi connectivity index (χ2n) is 10.1. The fourth-order valence-electron chi connectivity index (χ4n) is 4.39. The summed E-state index contributed by atoms with van der Waals surface area (Å²) in [5.74, 6) is 0.216. The van der Waals surface area contributed by atoms with E-state index in [4.69, 9.17) is 4.74 Å². The van der Waals surface area contributed by atoms with Gasteiger partial charge in [-0.15, -0.1) is 0 Å². The van der Waals surface area contributed by atoms with Crippen molar-refractivity contribution in [1.82, 2.24) is 14.9 Å². The van der Waals surface area contributed by atoms with Crippen LogP contribution in [0, 0.1) is 17.1 Å². The van der Waals surface area contributed by atoms with Crippen LogP contribution in [0.25, 0.3) is 11.3 Å². The first-order valence-corrected chi connectivity index (χ1v) is 12.4. The number of halogens is 1. The van der Waals surface area contributed by atoms with Crippen LogP contribution in [0.3, 0.4) is 0 Å². The van der Waals surface area contributed by atoms with Crippen molar-refractivity contribution in [2.45, 2.75) is 71.1 Å². The van der Waals surface area contributed by atoms with Gasteiger partial charge in [0.1, 0.15) is 29.1 Å². The maximum atomic E-state index is 15.1. The topological polar surface area (TPSA) is 120 Å².